The van der Waals surface area contributed by atoms with Gasteiger partial charge >= 0.3 is 5.97 Å². The van der Waals surface area contributed by atoms with E-state index in [-0.39, 0.29) is 24.4 Å². The number of rotatable bonds is 6. The summed E-state index contributed by atoms with van der Waals surface area (Å²) in [6.07, 6.45) is 5.10. The molecule has 2 aromatic carbocycles. The van der Waals surface area contributed by atoms with Crippen LogP contribution in [0.4, 0.5) is 10.1 Å². The quantitative estimate of drug-likeness (QED) is 0.771. The number of fused-ring (bicyclic) bond motifs is 1. The van der Waals surface area contributed by atoms with Gasteiger partial charge in [0.1, 0.15) is 11.6 Å². The number of halogens is 1. The summed E-state index contributed by atoms with van der Waals surface area (Å²) < 4.78 is 20.6. The molecule has 1 atom stereocenters. The van der Waals surface area contributed by atoms with E-state index in [9.17, 15) is 9.18 Å². The average molecular weight is 383 g/mol. The van der Waals surface area contributed by atoms with Gasteiger partial charge in [-0.15, -0.1) is 0 Å². The number of carboxylic acids is 1. The van der Waals surface area contributed by atoms with Crippen LogP contribution in [-0.2, 0) is 17.6 Å². The second kappa shape index (κ2) is 7.82. The highest BCUT2D eigenvalue weighted by atomic mass is 19.1. The molecular formula is C23H26FNO3. The molecule has 0 aromatic heterocycles. The van der Waals surface area contributed by atoms with E-state index in [1.807, 2.05) is 12.1 Å². The number of hydrogen-bond donors (Lipinski definition) is 1. The lowest BCUT2D eigenvalue weighted by molar-refractivity contribution is -0.136. The molecule has 4 rings (SSSR count). The number of carboxylic acid groups (broad SMARTS) is 1. The topological polar surface area (TPSA) is 49.8 Å². The Labute approximate surface area is 164 Å². The Kier molecular flexibility index (Phi) is 5.25. The summed E-state index contributed by atoms with van der Waals surface area (Å²) >= 11 is 0. The van der Waals surface area contributed by atoms with E-state index in [2.05, 4.69) is 24.0 Å². The minimum Gasteiger partial charge on any atom is -0.490 e. The number of anilines is 1. The molecule has 1 unspecified atom stereocenters. The third-order valence-electron chi connectivity index (χ3n) is 5.96. The Bertz CT molecular complexity index is 878. The fraction of sp³-hybridized carbons (Fsp3) is 0.435. The second-order valence-electron chi connectivity index (χ2n) is 7.83. The molecule has 1 saturated carbocycles. The van der Waals surface area contributed by atoms with Crippen molar-refractivity contribution >= 4 is 11.7 Å². The number of hydrogen-bond acceptors (Lipinski definition) is 3. The minimum absolute atomic E-state index is 0.0470. The number of aliphatic carboxylic acids is 1. The predicted octanol–water partition coefficient (Wildman–Crippen LogP) is 4.90. The first-order valence-corrected chi connectivity index (χ1v) is 10.1. The van der Waals surface area contributed by atoms with E-state index in [1.165, 1.54) is 23.6 Å². The molecule has 1 aliphatic heterocycles. The van der Waals surface area contributed by atoms with Crippen LogP contribution in [0.1, 0.15) is 55.3 Å². The van der Waals surface area contributed by atoms with Crippen molar-refractivity contribution in [3.05, 3.63) is 58.9 Å². The van der Waals surface area contributed by atoms with Crippen molar-refractivity contribution in [3.63, 3.8) is 0 Å². The zero-order chi connectivity index (χ0) is 19.7. The summed E-state index contributed by atoms with van der Waals surface area (Å²) in [7, 11) is 0. The first-order chi connectivity index (χ1) is 13.5. The van der Waals surface area contributed by atoms with Gasteiger partial charge < -0.3 is 14.7 Å². The van der Waals surface area contributed by atoms with Gasteiger partial charge in [-0.2, -0.15) is 0 Å². The summed E-state index contributed by atoms with van der Waals surface area (Å²) in [4.78, 5) is 12.9. The van der Waals surface area contributed by atoms with Gasteiger partial charge in [-0.3, -0.25) is 4.79 Å². The highest BCUT2D eigenvalue weighted by molar-refractivity contribution is 5.67. The molecule has 28 heavy (non-hydrogen) atoms. The van der Waals surface area contributed by atoms with Crippen LogP contribution in [0.2, 0.25) is 0 Å². The van der Waals surface area contributed by atoms with Crippen molar-refractivity contribution in [2.75, 3.05) is 11.4 Å². The molecule has 0 bridgehead atoms. The highest BCUT2D eigenvalue weighted by Crippen LogP contribution is 2.37. The van der Waals surface area contributed by atoms with Crippen molar-refractivity contribution < 1.29 is 19.0 Å². The van der Waals surface area contributed by atoms with Crippen LogP contribution in [0, 0.1) is 5.82 Å². The van der Waals surface area contributed by atoms with Gasteiger partial charge in [0.05, 0.1) is 17.8 Å². The molecule has 4 nitrogen and oxygen atoms in total. The van der Waals surface area contributed by atoms with E-state index in [0.717, 1.165) is 37.1 Å². The molecular weight excluding hydrogens is 357 g/mol. The summed E-state index contributed by atoms with van der Waals surface area (Å²) in [5.41, 5.74) is 4.04. The zero-order valence-corrected chi connectivity index (χ0v) is 16.2. The lowest BCUT2D eigenvalue weighted by Crippen LogP contribution is -2.34. The van der Waals surface area contributed by atoms with Crippen molar-refractivity contribution in [2.45, 2.75) is 57.6 Å². The predicted molar refractivity (Wildman–Crippen MR) is 107 cm³/mol. The van der Waals surface area contributed by atoms with Crippen LogP contribution in [0.5, 0.6) is 5.75 Å². The fourth-order valence-corrected chi connectivity index (χ4v) is 4.09. The van der Waals surface area contributed by atoms with Crippen LogP contribution in [-0.4, -0.2) is 23.7 Å². The Hall–Kier alpha value is -2.56. The molecule has 1 fully saturated rings. The molecule has 0 amide bonds. The summed E-state index contributed by atoms with van der Waals surface area (Å²) in [6, 6.07) is 11.3. The zero-order valence-electron chi connectivity index (χ0n) is 16.2. The van der Waals surface area contributed by atoms with Gasteiger partial charge in [0.15, 0.2) is 0 Å². The first-order valence-electron chi connectivity index (χ1n) is 10.1. The summed E-state index contributed by atoms with van der Waals surface area (Å²) in [6.45, 7) is 2.81. The summed E-state index contributed by atoms with van der Waals surface area (Å²) in [5, 5.41) is 8.89. The molecule has 0 radical (unpaired) electrons. The Morgan fingerprint density at radius 2 is 2.07 bits per heavy atom. The van der Waals surface area contributed by atoms with Gasteiger partial charge in [-0.05, 0) is 67.9 Å². The van der Waals surface area contributed by atoms with E-state index < -0.39 is 5.97 Å². The van der Waals surface area contributed by atoms with Gasteiger partial charge in [0.2, 0.25) is 0 Å². The van der Waals surface area contributed by atoms with E-state index in [4.69, 9.17) is 9.84 Å². The van der Waals surface area contributed by atoms with Crippen LogP contribution in [0.3, 0.4) is 0 Å². The normalized spacial score (nSPS) is 19.1. The number of carbonyl (C=O) groups is 1. The molecule has 148 valence electrons. The fourth-order valence-electron chi connectivity index (χ4n) is 4.09. The van der Waals surface area contributed by atoms with Crippen LogP contribution in [0.25, 0.3) is 0 Å². The maximum atomic E-state index is 14.6. The molecule has 1 aliphatic carbocycles. The Morgan fingerprint density at radius 3 is 2.79 bits per heavy atom. The molecule has 0 saturated heterocycles. The largest absolute Gasteiger partial charge is 0.490 e. The minimum atomic E-state index is -0.781. The monoisotopic (exact) mass is 383 g/mol. The average Bonchev–Trinajstić information content (AvgIpc) is 2.65. The van der Waals surface area contributed by atoms with Gasteiger partial charge in [-0.25, -0.2) is 4.39 Å². The molecule has 2 aromatic rings. The Morgan fingerprint density at radius 1 is 1.25 bits per heavy atom. The van der Waals surface area contributed by atoms with Gasteiger partial charge in [0.25, 0.3) is 0 Å². The molecule has 1 heterocycles. The van der Waals surface area contributed by atoms with Crippen molar-refractivity contribution in [2.24, 2.45) is 0 Å². The first kappa shape index (κ1) is 18.8. The maximum absolute atomic E-state index is 14.6. The molecule has 5 heteroatoms. The van der Waals surface area contributed by atoms with E-state index >= 15 is 0 Å². The Balaban J connectivity index is 1.54. The number of benzene rings is 2. The highest BCUT2D eigenvalue weighted by Gasteiger charge is 2.27. The second-order valence-corrected chi connectivity index (χ2v) is 7.83. The molecule has 2 aliphatic rings. The van der Waals surface area contributed by atoms with Gasteiger partial charge in [0, 0.05) is 19.0 Å². The number of nitrogens with zero attached hydrogens (tertiary/aromatic N) is 1. The maximum Gasteiger partial charge on any atom is 0.303 e. The van der Waals surface area contributed by atoms with E-state index in [0.29, 0.717) is 12.1 Å². The lowest BCUT2D eigenvalue weighted by Gasteiger charge is -2.38. The number of ether oxygens (including phenoxy) is 1. The van der Waals surface area contributed by atoms with Crippen LogP contribution >= 0.6 is 0 Å². The van der Waals surface area contributed by atoms with Crippen LogP contribution in [0.15, 0.2) is 36.4 Å². The third-order valence-corrected chi connectivity index (χ3v) is 5.96. The SMILES string of the molecule is CC1c2ccc(CCC(=O)O)cc2CCN1c1cc(OC2CCC2)ccc1F. The third kappa shape index (κ3) is 3.84. The summed E-state index contributed by atoms with van der Waals surface area (Å²) in [5.74, 6) is -0.269. The van der Waals surface area contributed by atoms with Crippen LogP contribution < -0.4 is 9.64 Å². The van der Waals surface area contributed by atoms with Crippen molar-refractivity contribution in [3.8, 4) is 5.75 Å². The van der Waals surface area contributed by atoms with Crippen molar-refractivity contribution in [1.82, 2.24) is 0 Å². The smallest absolute Gasteiger partial charge is 0.303 e. The lowest BCUT2D eigenvalue weighted by atomic mass is 9.90. The van der Waals surface area contributed by atoms with Crippen molar-refractivity contribution in [1.29, 1.82) is 0 Å². The molecule has 1 N–H and O–H groups in total. The van der Waals surface area contributed by atoms with Gasteiger partial charge in [-0.1, -0.05) is 18.2 Å². The number of aryl methyl sites for hydroxylation is 1. The molecule has 0 spiro atoms. The standard InChI is InChI=1S/C23H26FNO3/c1-15-20-8-5-16(6-10-23(26)27)13-17(20)11-12-25(15)22-14-19(7-9-21(22)24)28-18-3-2-4-18/h5,7-9,13-15,18H,2-4,6,10-12H2,1H3,(H,26,27). The van der Waals surface area contributed by atoms with E-state index in [1.54, 1.807) is 6.07 Å².